The molecule has 0 aromatic carbocycles. The summed E-state index contributed by atoms with van der Waals surface area (Å²) in [6, 6.07) is 1.78. The summed E-state index contributed by atoms with van der Waals surface area (Å²) in [6.45, 7) is 0. The molecule has 1 aliphatic carbocycles. The van der Waals surface area contributed by atoms with Gasteiger partial charge in [-0.3, -0.25) is 0 Å². The van der Waals surface area contributed by atoms with Crippen molar-refractivity contribution in [2.24, 2.45) is 0 Å². The molecule has 1 atom stereocenters. The van der Waals surface area contributed by atoms with Gasteiger partial charge in [0.2, 0.25) is 0 Å². The van der Waals surface area contributed by atoms with Crippen LogP contribution in [0.15, 0.2) is 10.7 Å². The highest BCUT2D eigenvalue weighted by Gasteiger charge is 2.30. The molecule has 1 saturated carbocycles. The van der Waals surface area contributed by atoms with Gasteiger partial charge in [0.25, 0.3) is 0 Å². The van der Waals surface area contributed by atoms with E-state index in [4.69, 9.17) is 0 Å². The maximum Gasteiger partial charge on any atom is 0.152 e. The lowest BCUT2D eigenvalue weighted by Gasteiger charge is -2.12. The molecular weight excluding hydrogens is 318 g/mol. The predicted octanol–water partition coefficient (Wildman–Crippen LogP) is 1.72. The van der Waals surface area contributed by atoms with Crippen molar-refractivity contribution >= 4 is 31.6 Å². The molecular formula is C11H14BrN3O2S. The highest BCUT2D eigenvalue weighted by Crippen LogP contribution is 2.38. The largest absolute Gasteiger partial charge is 0.366 e. The average molecular weight is 332 g/mol. The van der Waals surface area contributed by atoms with E-state index >= 15 is 0 Å². The van der Waals surface area contributed by atoms with Gasteiger partial charge in [0, 0.05) is 18.0 Å². The van der Waals surface area contributed by atoms with Gasteiger partial charge in [-0.25, -0.2) is 18.4 Å². The summed E-state index contributed by atoms with van der Waals surface area (Å²) >= 11 is 3.37. The van der Waals surface area contributed by atoms with E-state index in [9.17, 15) is 8.42 Å². The van der Waals surface area contributed by atoms with Crippen LogP contribution in [0.2, 0.25) is 0 Å². The second-order valence-corrected chi connectivity index (χ2v) is 7.99. The molecule has 1 aliphatic heterocycles. The lowest BCUT2D eigenvalue weighted by atomic mass is 10.2. The van der Waals surface area contributed by atoms with E-state index in [1.54, 1.807) is 6.07 Å². The minimum atomic E-state index is -2.86. The van der Waals surface area contributed by atoms with Crippen molar-refractivity contribution in [1.82, 2.24) is 9.97 Å². The van der Waals surface area contributed by atoms with E-state index in [1.165, 1.54) is 0 Å². The quantitative estimate of drug-likeness (QED) is 0.854. The van der Waals surface area contributed by atoms with Gasteiger partial charge in [0.15, 0.2) is 9.84 Å². The molecule has 1 aromatic rings. The van der Waals surface area contributed by atoms with Crippen LogP contribution in [0.5, 0.6) is 0 Å². The first-order chi connectivity index (χ1) is 8.52. The van der Waals surface area contributed by atoms with E-state index < -0.39 is 9.84 Å². The van der Waals surface area contributed by atoms with E-state index in [-0.39, 0.29) is 17.5 Å². The monoisotopic (exact) mass is 331 g/mol. The van der Waals surface area contributed by atoms with Crippen LogP contribution in [0.1, 0.15) is 31.0 Å². The first-order valence-electron chi connectivity index (χ1n) is 6.03. The van der Waals surface area contributed by atoms with Crippen LogP contribution < -0.4 is 5.32 Å². The molecule has 0 radical (unpaired) electrons. The van der Waals surface area contributed by atoms with Gasteiger partial charge >= 0.3 is 0 Å². The Labute approximate surface area is 114 Å². The average Bonchev–Trinajstić information content (AvgIpc) is 3.04. The topological polar surface area (TPSA) is 72.0 Å². The third kappa shape index (κ3) is 2.83. The summed E-state index contributed by atoms with van der Waals surface area (Å²) in [6.07, 6.45) is 2.95. The van der Waals surface area contributed by atoms with Crippen molar-refractivity contribution in [1.29, 1.82) is 0 Å². The van der Waals surface area contributed by atoms with Crippen molar-refractivity contribution < 1.29 is 8.42 Å². The SMILES string of the molecule is O=S1(=O)CCC(Nc2cc(Br)nc(C3CC3)n2)C1. The van der Waals surface area contributed by atoms with Gasteiger partial charge < -0.3 is 5.32 Å². The van der Waals surface area contributed by atoms with Crippen molar-refractivity contribution in [3.63, 3.8) is 0 Å². The Balaban J connectivity index is 1.76. The zero-order valence-corrected chi connectivity index (χ0v) is 12.2. The lowest BCUT2D eigenvalue weighted by Crippen LogP contribution is -2.21. The van der Waals surface area contributed by atoms with Crippen LogP contribution in [-0.4, -0.2) is 35.9 Å². The van der Waals surface area contributed by atoms with Gasteiger partial charge in [-0.1, -0.05) is 0 Å². The van der Waals surface area contributed by atoms with Gasteiger partial charge in [0.05, 0.1) is 11.5 Å². The maximum absolute atomic E-state index is 11.4. The minimum absolute atomic E-state index is 0.0242. The van der Waals surface area contributed by atoms with Gasteiger partial charge in [-0.2, -0.15) is 0 Å². The Bertz CT molecular complexity index is 572. The van der Waals surface area contributed by atoms with Crippen LogP contribution in [0.4, 0.5) is 5.82 Å². The summed E-state index contributed by atoms with van der Waals surface area (Å²) < 4.78 is 23.6. The Hall–Kier alpha value is -0.690. The second-order valence-electron chi connectivity index (χ2n) is 4.95. The summed E-state index contributed by atoms with van der Waals surface area (Å²) in [5, 5.41) is 3.20. The van der Waals surface area contributed by atoms with E-state index in [2.05, 4.69) is 31.2 Å². The number of halogens is 1. The fraction of sp³-hybridized carbons (Fsp3) is 0.636. The first kappa shape index (κ1) is 12.3. The third-order valence-corrected chi connectivity index (χ3v) is 5.41. The van der Waals surface area contributed by atoms with Gasteiger partial charge in [-0.05, 0) is 35.2 Å². The maximum atomic E-state index is 11.4. The van der Waals surface area contributed by atoms with E-state index in [0.717, 1.165) is 29.1 Å². The number of hydrogen-bond donors (Lipinski definition) is 1. The molecule has 7 heteroatoms. The Morgan fingerprint density at radius 1 is 1.28 bits per heavy atom. The van der Waals surface area contributed by atoms with Crippen LogP contribution >= 0.6 is 15.9 Å². The van der Waals surface area contributed by atoms with Crippen LogP contribution in [-0.2, 0) is 9.84 Å². The molecule has 98 valence electrons. The molecule has 1 aromatic heterocycles. The molecule has 18 heavy (non-hydrogen) atoms. The van der Waals surface area contributed by atoms with Gasteiger partial charge in [0.1, 0.15) is 16.2 Å². The zero-order chi connectivity index (χ0) is 12.8. The summed E-state index contributed by atoms with van der Waals surface area (Å²) in [5.41, 5.74) is 0. The molecule has 2 fully saturated rings. The van der Waals surface area contributed by atoms with Crippen molar-refractivity contribution in [2.75, 3.05) is 16.8 Å². The first-order valence-corrected chi connectivity index (χ1v) is 8.65. The molecule has 2 heterocycles. The van der Waals surface area contributed by atoms with Crippen LogP contribution in [0.3, 0.4) is 0 Å². The normalized spacial score (nSPS) is 26.2. The second kappa shape index (κ2) is 4.45. The van der Waals surface area contributed by atoms with E-state index in [0.29, 0.717) is 12.3 Å². The number of anilines is 1. The number of nitrogens with one attached hydrogen (secondary N) is 1. The van der Waals surface area contributed by atoms with Gasteiger partial charge in [-0.15, -0.1) is 0 Å². The predicted molar refractivity (Wildman–Crippen MR) is 72.4 cm³/mol. The standard InChI is InChI=1S/C11H14BrN3O2S/c12-9-5-10(15-11(14-9)7-1-2-7)13-8-3-4-18(16,17)6-8/h5,7-8H,1-4,6H2,(H,13,14,15). The molecule has 1 saturated heterocycles. The van der Waals surface area contributed by atoms with E-state index in [1.807, 2.05) is 0 Å². The van der Waals surface area contributed by atoms with Crippen LogP contribution in [0.25, 0.3) is 0 Å². The molecule has 5 nitrogen and oxygen atoms in total. The number of aromatic nitrogens is 2. The molecule has 0 spiro atoms. The Morgan fingerprint density at radius 2 is 2.06 bits per heavy atom. The molecule has 0 bridgehead atoms. The zero-order valence-electron chi connectivity index (χ0n) is 9.76. The molecule has 1 unspecified atom stereocenters. The fourth-order valence-corrected chi connectivity index (χ4v) is 4.22. The Morgan fingerprint density at radius 3 is 2.67 bits per heavy atom. The fourth-order valence-electron chi connectivity index (χ4n) is 2.15. The minimum Gasteiger partial charge on any atom is -0.366 e. The number of rotatable bonds is 3. The molecule has 3 rings (SSSR count). The van der Waals surface area contributed by atoms with Crippen molar-refractivity contribution in [3.8, 4) is 0 Å². The third-order valence-electron chi connectivity index (χ3n) is 3.24. The highest BCUT2D eigenvalue weighted by atomic mass is 79.9. The number of hydrogen-bond acceptors (Lipinski definition) is 5. The number of nitrogens with zero attached hydrogens (tertiary/aromatic N) is 2. The van der Waals surface area contributed by atoms with Crippen LogP contribution in [0, 0.1) is 0 Å². The Kier molecular flexibility index (Phi) is 3.05. The smallest absolute Gasteiger partial charge is 0.152 e. The molecule has 2 aliphatic rings. The highest BCUT2D eigenvalue weighted by molar-refractivity contribution is 9.10. The van der Waals surface area contributed by atoms with Crippen molar-refractivity contribution in [3.05, 3.63) is 16.5 Å². The van der Waals surface area contributed by atoms with Crippen molar-refractivity contribution in [2.45, 2.75) is 31.2 Å². The lowest BCUT2D eigenvalue weighted by molar-refractivity contribution is 0.602. The molecule has 1 N–H and O–H groups in total. The summed E-state index contributed by atoms with van der Waals surface area (Å²) in [4.78, 5) is 8.81. The summed E-state index contributed by atoms with van der Waals surface area (Å²) in [7, 11) is -2.86. The molecule has 0 amide bonds. The summed E-state index contributed by atoms with van der Waals surface area (Å²) in [5.74, 6) is 2.53. The number of sulfone groups is 1.